The first-order valence-corrected chi connectivity index (χ1v) is 6.86. The minimum absolute atomic E-state index is 0.0174. The average molecular weight is 340 g/mol. The number of hydrogen-bond donors (Lipinski definition) is 2. The normalized spacial score (nSPS) is 10.5. The third kappa shape index (κ3) is 4.90. The minimum Gasteiger partial charge on any atom is -0.489 e. The molecule has 5 nitrogen and oxygen atoms in total. The Labute approximate surface area is 136 Å². The van der Waals surface area contributed by atoms with E-state index >= 15 is 0 Å². The van der Waals surface area contributed by atoms with Crippen LogP contribution >= 0.6 is 0 Å². The summed E-state index contributed by atoms with van der Waals surface area (Å²) >= 11 is 0. The zero-order chi connectivity index (χ0) is 17.5. The van der Waals surface area contributed by atoms with Gasteiger partial charge in [-0.3, -0.25) is 5.21 Å². The van der Waals surface area contributed by atoms with Crippen LogP contribution in [0.4, 0.5) is 13.3 Å². The monoisotopic (exact) mass is 340 g/mol. The van der Waals surface area contributed by atoms with Gasteiger partial charge in [0.2, 0.25) is 0 Å². The zero-order valence-electron chi connectivity index (χ0n) is 12.5. The van der Waals surface area contributed by atoms with Crippen molar-refractivity contribution in [2.45, 2.75) is 13.2 Å². The van der Waals surface area contributed by atoms with Crippen molar-refractivity contribution < 1.29 is 28.0 Å². The fourth-order valence-electron chi connectivity index (χ4n) is 1.92. The summed E-state index contributed by atoms with van der Waals surface area (Å²) in [4.78, 5) is 4.25. The molecule has 0 heterocycles. The van der Waals surface area contributed by atoms with Crippen LogP contribution in [0, 0.1) is 11.6 Å². The molecule has 2 N–H and O–H groups in total. The van der Waals surface area contributed by atoms with Crippen molar-refractivity contribution in [1.29, 1.82) is 0 Å². The fourth-order valence-corrected chi connectivity index (χ4v) is 1.92. The van der Waals surface area contributed by atoms with Crippen LogP contribution in [0.5, 0.6) is 11.5 Å². The molecule has 0 amide bonds. The van der Waals surface area contributed by atoms with E-state index in [1.807, 2.05) is 0 Å². The number of halogens is 3. The van der Waals surface area contributed by atoms with Crippen molar-refractivity contribution in [1.82, 2.24) is 10.8 Å². The molecule has 0 saturated carbocycles. The molecule has 2 rings (SSSR count). The van der Waals surface area contributed by atoms with E-state index < -0.39 is 17.1 Å². The van der Waals surface area contributed by atoms with Gasteiger partial charge in [0.1, 0.15) is 24.0 Å². The predicted octanol–water partition coefficient (Wildman–Crippen LogP) is 3.65. The first-order chi connectivity index (χ1) is 11.5. The highest BCUT2D eigenvalue weighted by atomic mass is 19.2. The Hall–Kier alpha value is -2.71. The van der Waals surface area contributed by atoms with Gasteiger partial charge >= 0.3 is 0 Å². The number of rotatable bonds is 8. The molecule has 0 saturated heterocycles. The SMILES string of the molecule is C=CNCc1cc(F)c(COc2ccc(ON(O)F)cc2)c(F)c1. The number of hydrogen-bond acceptors (Lipinski definition) is 5. The van der Waals surface area contributed by atoms with E-state index in [1.54, 1.807) is 0 Å². The number of ether oxygens (including phenoxy) is 1. The van der Waals surface area contributed by atoms with Gasteiger partial charge in [-0.05, 0) is 48.2 Å². The molecule has 0 bridgehead atoms. The summed E-state index contributed by atoms with van der Waals surface area (Å²) in [7, 11) is 0. The van der Waals surface area contributed by atoms with Crippen LogP contribution in [0.15, 0.2) is 49.2 Å². The fraction of sp³-hybridized carbons (Fsp3) is 0.125. The maximum Gasteiger partial charge on any atom is 0.167 e. The molecule has 24 heavy (non-hydrogen) atoms. The molecule has 8 heteroatoms. The van der Waals surface area contributed by atoms with Gasteiger partial charge in [-0.15, -0.1) is 0 Å². The molecule has 0 radical (unpaired) electrons. The smallest absolute Gasteiger partial charge is 0.167 e. The van der Waals surface area contributed by atoms with Crippen molar-refractivity contribution in [2.24, 2.45) is 0 Å². The molecule has 0 fully saturated rings. The molecule has 2 aromatic carbocycles. The van der Waals surface area contributed by atoms with Crippen LogP contribution in [-0.2, 0) is 13.2 Å². The molecule has 0 atom stereocenters. The van der Waals surface area contributed by atoms with Crippen molar-refractivity contribution in [2.75, 3.05) is 0 Å². The summed E-state index contributed by atoms with van der Waals surface area (Å²) in [5.41, 5.74) is -0.707. The molecule has 0 aliphatic rings. The van der Waals surface area contributed by atoms with Gasteiger partial charge in [0.25, 0.3) is 0 Å². The molecular weight excluding hydrogens is 325 g/mol. The third-order valence-corrected chi connectivity index (χ3v) is 3.04. The topological polar surface area (TPSA) is 54.0 Å². The van der Waals surface area contributed by atoms with E-state index in [4.69, 9.17) is 9.94 Å². The second kappa shape index (κ2) is 8.23. The quantitative estimate of drug-likeness (QED) is 0.568. The Balaban J connectivity index is 2.02. The first kappa shape index (κ1) is 17.6. The predicted molar refractivity (Wildman–Crippen MR) is 79.5 cm³/mol. The van der Waals surface area contributed by atoms with E-state index in [0.717, 1.165) is 0 Å². The highest BCUT2D eigenvalue weighted by molar-refractivity contribution is 5.32. The molecular formula is C16H15F3N2O3. The van der Waals surface area contributed by atoms with Crippen LogP contribution in [0.2, 0.25) is 0 Å². The van der Waals surface area contributed by atoms with Gasteiger partial charge in [-0.2, -0.15) is 0 Å². The number of nitrogens with zero attached hydrogens (tertiary/aromatic N) is 1. The minimum atomic E-state index is -0.941. The van der Waals surface area contributed by atoms with Crippen LogP contribution in [-0.4, -0.2) is 10.7 Å². The summed E-state index contributed by atoms with van der Waals surface area (Å²) in [5, 5.41) is 11.0. The lowest BCUT2D eigenvalue weighted by Gasteiger charge is -2.11. The van der Waals surface area contributed by atoms with Crippen molar-refractivity contribution in [3.63, 3.8) is 0 Å². The molecule has 128 valence electrons. The lowest BCUT2D eigenvalue weighted by atomic mass is 10.1. The third-order valence-electron chi connectivity index (χ3n) is 3.04. The van der Waals surface area contributed by atoms with Crippen LogP contribution in [0.3, 0.4) is 0 Å². The van der Waals surface area contributed by atoms with Gasteiger partial charge in [0, 0.05) is 6.54 Å². The second-order valence-corrected chi connectivity index (χ2v) is 4.70. The van der Waals surface area contributed by atoms with E-state index in [2.05, 4.69) is 16.7 Å². The molecule has 0 unspecified atom stereocenters. The second-order valence-electron chi connectivity index (χ2n) is 4.70. The van der Waals surface area contributed by atoms with Gasteiger partial charge in [0.15, 0.2) is 11.2 Å². The molecule has 2 aromatic rings. The molecule has 0 aliphatic carbocycles. The van der Waals surface area contributed by atoms with E-state index in [9.17, 15) is 13.3 Å². The van der Waals surface area contributed by atoms with Crippen LogP contribution in [0.1, 0.15) is 11.1 Å². The average Bonchev–Trinajstić information content (AvgIpc) is 2.53. The largest absolute Gasteiger partial charge is 0.489 e. The molecule has 0 spiro atoms. The zero-order valence-corrected chi connectivity index (χ0v) is 12.5. The summed E-state index contributed by atoms with van der Waals surface area (Å²) in [6.45, 7) is 3.40. The van der Waals surface area contributed by atoms with Crippen molar-refractivity contribution in [3.05, 3.63) is 71.9 Å². The Morgan fingerprint density at radius 2 is 1.71 bits per heavy atom. The number of benzene rings is 2. The summed E-state index contributed by atoms with van der Waals surface area (Å²) in [6, 6.07) is 7.86. The maximum absolute atomic E-state index is 14.0. The van der Waals surface area contributed by atoms with E-state index in [0.29, 0.717) is 11.3 Å². The lowest BCUT2D eigenvalue weighted by Crippen LogP contribution is -2.11. The van der Waals surface area contributed by atoms with Crippen molar-refractivity contribution >= 4 is 0 Å². The van der Waals surface area contributed by atoms with Gasteiger partial charge < -0.3 is 14.9 Å². The molecule has 0 aliphatic heterocycles. The van der Waals surface area contributed by atoms with Gasteiger partial charge in [-0.1, -0.05) is 11.1 Å². The Morgan fingerprint density at radius 1 is 1.12 bits per heavy atom. The summed E-state index contributed by atoms with van der Waals surface area (Å²) < 4.78 is 45.4. The molecule has 0 aromatic heterocycles. The summed E-state index contributed by atoms with van der Waals surface area (Å²) in [6.07, 6.45) is 1.43. The maximum atomic E-state index is 14.0. The van der Waals surface area contributed by atoms with Crippen LogP contribution < -0.4 is 14.9 Å². The van der Waals surface area contributed by atoms with Crippen molar-refractivity contribution in [3.8, 4) is 11.5 Å². The van der Waals surface area contributed by atoms with E-state index in [1.165, 1.54) is 42.6 Å². The van der Waals surface area contributed by atoms with Gasteiger partial charge in [0.05, 0.1) is 5.56 Å². The highest BCUT2D eigenvalue weighted by Crippen LogP contribution is 2.21. The lowest BCUT2D eigenvalue weighted by molar-refractivity contribution is -0.397. The summed E-state index contributed by atoms with van der Waals surface area (Å²) in [5.74, 6) is -1.13. The Morgan fingerprint density at radius 3 is 2.25 bits per heavy atom. The standard InChI is InChI=1S/C16H15F3N2O3/c1-2-20-9-11-7-15(17)14(16(18)8-11)10-23-12-3-5-13(6-4-12)24-21(19)22/h2-8,20,22H,1,9-10H2. The number of nitrogens with one attached hydrogen (secondary N) is 1. The Kier molecular flexibility index (Phi) is 6.05. The van der Waals surface area contributed by atoms with E-state index in [-0.39, 0.29) is 24.5 Å². The van der Waals surface area contributed by atoms with Crippen LogP contribution in [0.25, 0.3) is 0 Å². The first-order valence-electron chi connectivity index (χ1n) is 6.86. The van der Waals surface area contributed by atoms with Gasteiger partial charge in [-0.25, -0.2) is 8.78 Å². The Bertz CT molecular complexity index is 670. The highest BCUT2D eigenvalue weighted by Gasteiger charge is 2.12.